The van der Waals surface area contributed by atoms with E-state index in [0.29, 0.717) is 13.0 Å². The zero-order valence-corrected chi connectivity index (χ0v) is 14.5. The van der Waals surface area contributed by atoms with E-state index in [1.165, 1.54) is 0 Å². The first-order chi connectivity index (χ1) is 11.5. The lowest BCUT2D eigenvalue weighted by Crippen LogP contribution is -2.27. The number of hydrogen-bond acceptors (Lipinski definition) is 3. The predicted molar refractivity (Wildman–Crippen MR) is 93.9 cm³/mol. The van der Waals surface area contributed by atoms with Crippen molar-refractivity contribution in [3.63, 3.8) is 0 Å². The van der Waals surface area contributed by atoms with Gasteiger partial charge >= 0.3 is 0 Å². The van der Waals surface area contributed by atoms with E-state index in [1.54, 1.807) is 24.3 Å². The summed E-state index contributed by atoms with van der Waals surface area (Å²) < 4.78 is 26.7. The minimum absolute atomic E-state index is 0.0895. The normalized spacial score (nSPS) is 11.2. The second-order valence-corrected chi connectivity index (χ2v) is 7.34. The molecule has 2 N–H and O–H groups in total. The Morgan fingerprint density at radius 2 is 1.67 bits per heavy atom. The summed E-state index contributed by atoms with van der Waals surface area (Å²) >= 11 is 0. The maximum Gasteiger partial charge on any atom is 0.240 e. The van der Waals surface area contributed by atoms with Crippen LogP contribution < -0.4 is 10.0 Å². The fourth-order valence-corrected chi connectivity index (χ4v) is 3.22. The van der Waals surface area contributed by atoms with Crippen molar-refractivity contribution in [1.82, 2.24) is 10.0 Å². The summed E-state index contributed by atoms with van der Waals surface area (Å²) in [7, 11) is -3.51. The van der Waals surface area contributed by atoms with Gasteiger partial charge in [-0.15, -0.1) is 0 Å². The van der Waals surface area contributed by atoms with E-state index in [9.17, 15) is 13.2 Å². The largest absolute Gasteiger partial charge is 0.352 e. The van der Waals surface area contributed by atoms with Crippen LogP contribution in [0.3, 0.4) is 0 Å². The Labute approximate surface area is 143 Å². The van der Waals surface area contributed by atoms with Crippen molar-refractivity contribution in [2.24, 2.45) is 0 Å². The number of rotatable bonds is 8. The Morgan fingerprint density at radius 3 is 2.33 bits per heavy atom. The molecule has 0 bridgehead atoms. The Morgan fingerprint density at radius 1 is 1.00 bits per heavy atom. The molecule has 0 aliphatic heterocycles. The molecular weight excluding hydrogens is 324 g/mol. The number of benzene rings is 2. The maximum atomic E-state index is 12.1. The Hall–Kier alpha value is -2.18. The van der Waals surface area contributed by atoms with E-state index in [0.717, 1.165) is 11.1 Å². The molecule has 0 heterocycles. The van der Waals surface area contributed by atoms with E-state index in [1.807, 2.05) is 37.3 Å². The number of nitrogens with one attached hydrogen (secondary N) is 2. The summed E-state index contributed by atoms with van der Waals surface area (Å²) in [6, 6.07) is 16.3. The average molecular weight is 346 g/mol. The summed E-state index contributed by atoms with van der Waals surface area (Å²) in [4.78, 5) is 12.0. The third-order valence-electron chi connectivity index (χ3n) is 3.54. The number of amides is 1. The third-order valence-corrected chi connectivity index (χ3v) is 5.01. The molecule has 0 aliphatic rings. The summed E-state index contributed by atoms with van der Waals surface area (Å²) in [6.07, 6.45) is 0.731. The molecule has 2 rings (SSSR count). The van der Waals surface area contributed by atoms with E-state index < -0.39 is 10.0 Å². The van der Waals surface area contributed by atoms with Gasteiger partial charge < -0.3 is 5.32 Å². The summed E-state index contributed by atoms with van der Waals surface area (Å²) in [5.41, 5.74) is 2.04. The molecule has 6 heteroatoms. The highest BCUT2D eigenvalue weighted by molar-refractivity contribution is 7.89. The van der Waals surface area contributed by atoms with Crippen LogP contribution in [0.25, 0.3) is 0 Å². The summed E-state index contributed by atoms with van der Waals surface area (Å²) in [5, 5.41) is 2.82. The number of carbonyl (C=O) groups is 1. The van der Waals surface area contributed by atoms with Crippen LogP contribution in [-0.2, 0) is 21.4 Å². The molecule has 2 aromatic rings. The highest BCUT2D eigenvalue weighted by Gasteiger charge is 2.12. The molecule has 0 spiro atoms. The smallest absolute Gasteiger partial charge is 0.240 e. The van der Waals surface area contributed by atoms with Gasteiger partial charge in [-0.1, -0.05) is 48.0 Å². The van der Waals surface area contributed by atoms with E-state index >= 15 is 0 Å². The predicted octanol–water partition coefficient (Wildman–Crippen LogP) is 2.37. The Balaban J connectivity index is 1.70. The van der Waals surface area contributed by atoms with Crippen LogP contribution in [0.15, 0.2) is 59.5 Å². The van der Waals surface area contributed by atoms with E-state index in [4.69, 9.17) is 0 Å². The van der Waals surface area contributed by atoms with Crippen molar-refractivity contribution in [2.45, 2.75) is 31.2 Å². The van der Waals surface area contributed by atoms with Crippen LogP contribution in [-0.4, -0.2) is 20.9 Å². The molecule has 0 aromatic heterocycles. The molecule has 0 atom stereocenters. The number of carbonyl (C=O) groups excluding carboxylic acids is 1. The molecular formula is C18H22N2O3S. The zero-order chi connectivity index (χ0) is 17.4. The van der Waals surface area contributed by atoms with Crippen LogP contribution in [0.4, 0.5) is 0 Å². The molecule has 0 aliphatic carbocycles. The van der Waals surface area contributed by atoms with Gasteiger partial charge in [0, 0.05) is 19.5 Å². The fraction of sp³-hybridized carbons (Fsp3) is 0.278. The van der Waals surface area contributed by atoms with Gasteiger partial charge in [0.05, 0.1) is 4.90 Å². The quantitative estimate of drug-likeness (QED) is 0.721. The van der Waals surface area contributed by atoms with Gasteiger partial charge in [0.2, 0.25) is 15.9 Å². The van der Waals surface area contributed by atoms with Gasteiger partial charge in [0.1, 0.15) is 0 Å². The molecule has 2 aromatic carbocycles. The maximum absolute atomic E-state index is 12.1. The number of aryl methyl sites for hydroxylation is 1. The molecule has 128 valence electrons. The fourth-order valence-electron chi connectivity index (χ4n) is 2.14. The lowest BCUT2D eigenvalue weighted by atomic mass is 10.2. The molecule has 0 unspecified atom stereocenters. The highest BCUT2D eigenvalue weighted by Crippen LogP contribution is 2.09. The van der Waals surface area contributed by atoms with Crippen LogP contribution in [0.2, 0.25) is 0 Å². The topological polar surface area (TPSA) is 75.3 Å². The van der Waals surface area contributed by atoms with Crippen molar-refractivity contribution >= 4 is 15.9 Å². The standard InChI is InChI=1S/C18H22N2O3S/c1-15-9-11-17(12-10-15)24(22,23)20-13-5-8-18(21)19-14-16-6-3-2-4-7-16/h2-4,6-7,9-12,20H,5,8,13-14H2,1H3,(H,19,21). The molecule has 1 amide bonds. The lowest BCUT2D eigenvalue weighted by Gasteiger charge is -2.08. The van der Waals surface area contributed by atoms with Crippen LogP contribution in [0, 0.1) is 6.92 Å². The van der Waals surface area contributed by atoms with Gasteiger partial charge in [-0.05, 0) is 31.0 Å². The summed E-state index contributed by atoms with van der Waals surface area (Å²) in [5.74, 6) is -0.0895. The second-order valence-electron chi connectivity index (χ2n) is 5.58. The molecule has 0 saturated heterocycles. The summed E-state index contributed by atoms with van der Waals surface area (Å²) in [6.45, 7) is 2.61. The average Bonchev–Trinajstić information content (AvgIpc) is 2.58. The molecule has 24 heavy (non-hydrogen) atoms. The first-order valence-corrected chi connectivity index (χ1v) is 9.33. The van der Waals surface area contributed by atoms with Crippen LogP contribution in [0.1, 0.15) is 24.0 Å². The Bertz CT molecular complexity index is 757. The van der Waals surface area contributed by atoms with Gasteiger partial charge in [-0.25, -0.2) is 13.1 Å². The van der Waals surface area contributed by atoms with Crippen molar-refractivity contribution < 1.29 is 13.2 Å². The molecule has 0 saturated carbocycles. The van der Waals surface area contributed by atoms with E-state index in [2.05, 4.69) is 10.0 Å². The van der Waals surface area contributed by atoms with Crippen molar-refractivity contribution in [3.05, 3.63) is 65.7 Å². The second kappa shape index (κ2) is 8.61. The van der Waals surface area contributed by atoms with Crippen LogP contribution in [0.5, 0.6) is 0 Å². The highest BCUT2D eigenvalue weighted by atomic mass is 32.2. The van der Waals surface area contributed by atoms with Crippen molar-refractivity contribution in [1.29, 1.82) is 0 Å². The minimum atomic E-state index is -3.51. The monoisotopic (exact) mass is 346 g/mol. The number of sulfonamides is 1. The minimum Gasteiger partial charge on any atom is -0.352 e. The zero-order valence-electron chi connectivity index (χ0n) is 13.7. The SMILES string of the molecule is Cc1ccc(S(=O)(=O)NCCCC(=O)NCc2ccccc2)cc1. The molecule has 0 fully saturated rings. The molecule has 0 radical (unpaired) electrons. The van der Waals surface area contributed by atoms with Crippen LogP contribution >= 0.6 is 0 Å². The van der Waals surface area contributed by atoms with Gasteiger partial charge in [-0.3, -0.25) is 4.79 Å². The molecule has 5 nitrogen and oxygen atoms in total. The number of hydrogen-bond donors (Lipinski definition) is 2. The van der Waals surface area contributed by atoms with Gasteiger partial charge in [-0.2, -0.15) is 0 Å². The van der Waals surface area contributed by atoms with Crippen molar-refractivity contribution in [2.75, 3.05) is 6.54 Å². The Kier molecular flexibility index (Phi) is 6.52. The third kappa shape index (κ3) is 5.79. The van der Waals surface area contributed by atoms with Crippen molar-refractivity contribution in [3.8, 4) is 0 Å². The van der Waals surface area contributed by atoms with Gasteiger partial charge in [0.15, 0.2) is 0 Å². The van der Waals surface area contributed by atoms with Gasteiger partial charge in [0.25, 0.3) is 0 Å². The first-order valence-electron chi connectivity index (χ1n) is 7.84. The lowest BCUT2D eigenvalue weighted by molar-refractivity contribution is -0.121. The van der Waals surface area contributed by atoms with E-state index in [-0.39, 0.29) is 23.8 Å². The first kappa shape index (κ1) is 18.2.